The molecule has 3 aromatic rings. The third-order valence-corrected chi connectivity index (χ3v) is 9.15. The van der Waals surface area contributed by atoms with Gasteiger partial charge >= 0.3 is 6.18 Å². The van der Waals surface area contributed by atoms with Gasteiger partial charge in [0, 0.05) is 41.5 Å². The van der Waals surface area contributed by atoms with E-state index in [0.29, 0.717) is 35.6 Å². The lowest BCUT2D eigenvalue weighted by Gasteiger charge is -2.34. The zero-order chi connectivity index (χ0) is 29.5. The zero-order valence-corrected chi connectivity index (χ0v) is 24.3. The van der Waals surface area contributed by atoms with Crippen LogP contribution in [0, 0.1) is 11.3 Å². The SMILES string of the molecule is CC1(C)CC2CCCOc3ccc(cn3)SNC(=O)c3ccc(-n4ccc(OCCC5(C(F)(F)F)CC5)n4)nc3N1C2. The fourth-order valence-electron chi connectivity index (χ4n) is 5.81. The van der Waals surface area contributed by atoms with Crippen molar-refractivity contribution in [2.75, 3.05) is 24.7 Å². The number of nitrogens with zero attached hydrogens (tertiary/aromatic N) is 5. The van der Waals surface area contributed by atoms with Gasteiger partial charge in [-0.05, 0) is 88.4 Å². The molecule has 0 spiro atoms. The van der Waals surface area contributed by atoms with E-state index in [4.69, 9.17) is 14.5 Å². The van der Waals surface area contributed by atoms with Gasteiger partial charge in [0.1, 0.15) is 5.82 Å². The van der Waals surface area contributed by atoms with E-state index >= 15 is 0 Å². The smallest absolute Gasteiger partial charge is 0.394 e. The van der Waals surface area contributed by atoms with Gasteiger partial charge in [-0.15, -0.1) is 5.10 Å². The Kier molecular flexibility index (Phi) is 7.48. The second kappa shape index (κ2) is 11.0. The number of pyridine rings is 2. The summed E-state index contributed by atoms with van der Waals surface area (Å²) in [5.41, 5.74) is -1.44. The van der Waals surface area contributed by atoms with E-state index < -0.39 is 11.6 Å². The first-order chi connectivity index (χ1) is 20.0. The molecule has 1 atom stereocenters. The summed E-state index contributed by atoms with van der Waals surface area (Å²) in [5, 5.41) is 4.40. The minimum atomic E-state index is -4.21. The molecule has 42 heavy (non-hydrogen) atoms. The molecule has 1 amide bonds. The number of hydrogen-bond acceptors (Lipinski definition) is 8. The maximum atomic E-state index is 13.5. The highest BCUT2D eigenvalue weighted by Crippen LogP contribution is 2.59. The van der Waals surface area contributed by atoms with Crippen molar-refractivity contribution >= 4 is 23.7 Å². The van der Waals surface area contributed by atoms with Gasteiger partial charge in [0.05, 0.1) is 24.2 Å². The van der Waals surface area contributed by atoms with Crippen molar-refractivity contribution in [2.24, 2.45) is 11.3 Å². The van der Waals surface area contributed by atoms with Crippen LogP contribution in [0.25, 0.3) is 5.82 Å². The first-order valence-corrected chi connectivity index (χ1v) is 15.0. The predicted molar refractivity (Wildman–Crippen MR) is 151 cm³/mol. The quantitative estimate of drug-likeness (QED) is 0.356. The predicted octanol–water partition coefficient (Wildman–Crippen LogP) is 5.99. The Bertz CT molecular complexity index is 1440. The molecular formula is C29H33F3N6O3S. The minimum absolute atomic E-state index is 0.0708. The second-order valence-electron chi connectivity index (χ2n) is 11.9. The monoisotopic (exact) mass is 602 g/mol. The maximum Gasteiger partial charge on any atom is 0.394 e. The number of fused-ring (bicyclic) bond motifs is 7. The number of aromatic nitrogens is 4. The summed E-state index contributed by atoms with van der Waals surface area (Å²) in [4.78, 5) is 25.7. The van der Waals surface area contributed by atoms with Crippen molar-refractivity contribution < 1.29 is 27.4 Å². The van der Waals surface area contributed by atoms with Gasteiger partial charge in [0.15, 0.2) is 5.82 Å². The summed E-state index contributed by atoms with van der Waals surface area (Å²) in [6.45, 7) is 5.54. The van der Waals surface area contributed by atoms with Gasteiger partial charge in [-0.2, -0.15) is 13.2 Å². The second-order valence-corrected chi connectivity index (χ2v) is 12.7. The van der Waals surface area contributed by atoms with Crippen LogP contribution >= 0.6 is 11.9 Å². The maximum absolute atomic E-state index is 13.5. The molecule has 1 aliphatic carbocycles. The lowest BCUT2D eigenvalue weighted by atomic mass is 9.93. The number of rotatable bonds is 5. The van der Waals surface area contributed by atoms with Crippen LogP contribution in [-0.2, 0) is 0 Å². The molecule has 4 bridgehead atoms. The van der Waals surface area contributed by atoms with E-state index in [1.165, 1.54) is 16.6 Å². The first-order valence-electron chi connectivity index (χ1n) is 14.1. The van der Waals surface area contributed by atoms with Gasteiger partial charge in [0.2, 0.25) is 11.8 Å². The Morgan fingerprint density at radius 1 is 1.19 bits per heavy atom. The van der Waals surface area contributed by atoms with Gasteiger partial charge < -0.3 is 14.4 Å². The summed E-state index contributed by atoms with van der Waals surface area (Å²) in [6.07, 6.45) is 2.07. The fraction of sp³-hybridized carbons (Fsp3) is 0.517. The van der Waals surface area contributed by atoms with Gasteiger partial charge in [-0.25, -0.2) is 14.6 Å². The van der Waals surface area contributed by atoms with E-state index in [1.807, 2.05) is 6.07 Å². The number of hydrogen-bond donors (Lipinski definition) is 1. The Balaban J connectivity index is 1.25. The van der Waals surface area contributed by atoms with Gasteiger partial charge in [-0.3, -0.25) is 9.52 Å². The van der Waals surface area contributed by atoms with E-state index in [0.717, 1.165) is 30.7 Å². The normalized spacial score (nSPS) is 21.4. The van der Waals surface area contributed by atoms with Crippen molar-refractivity contribution in [2.45, 2.75) is 69.0 Å². The van der Waals surface area contributed by atoms with Crippen LogP contribution < -0.4 is 19.1 Å². The largest absolute Gasteiger partial charge is 0.478 e. The molecule has 4 aliphatic rings. The molecule has 3 aliphatic heterocycles. The first kappa shape index (κ1) is 28.6. The molecule has 1 saturated carbocycles. The van der Waals surface area contributed by atoms with Crippen molar-refractivity contribution in [1.82, 2.24) is 24.5 Å². The van der Waals surface area contributed by atoms with Crippen LogP contribution in [0.1, 0.15) is 62.7 Å². The number of halogens is 3. The Morgan fingerprint density at radius 3 is 2.76 bits per heavy atom. The summed E-state index contributed by atoms with van der Waals surface area (Å²) in [6, 6.07) is 8.69. The fourth-order valence-corrected chi connectivity index (χ4v) is 6.37. The molecule has 1 N–H and O–H groups in total. The summed E-state index contributed by atoms with van der Waals surface area (Å²) >= 11 is 1.17. The van der Waals surface area contributed by atoms with Gasteiger partial charge in [0.25, 0.3) is 5.91 Å². The van der Waals surface area contributed by atoms with Crippen LogP contribution in [0.5, 0.6) is 11.8 Å². The number of carbonyl (C=O) groups excluding carboxylic acids is 1. The van der Waals surface area contributed by atoms with Crippen molar-refractivity contribution in [3.8, 4) is 17.6 Å². The molecule has 2 fully saturated rings. The number of anilines is 1. The van der Waals surface area contributed by atoms with Crippen molar-refractivity contribution in [1.29, 1.82) is 0 Å². The van der Waals surface area contributed by atoms with Crippen molar-refractivity contribution in [3.05, 3.63) is 48.3 Å². The molecule has 0 radical (unpaired) electrons. The molecule has 224 valence electrons. The Morgan fingerprint density at radius 2 is 2.02 bits per heavy atom. The highest BCUT2D eigenvalue weighted by Gasteiger charge is 2.62. The van der Waals surface area contributed by atoms with Gasteiger partial charge in [-0.1, -0.05) is 0 Å². The summed E-state index contributed by atoms with van der Waals surface area (Å²) in [7, 11) is 0. The van der Waals surface area contributed by atoms with E-state index in [2.05, 4.69) is 33.6 Å². The standard InChI is InChI=1S/C29H33F3N6O3S/c1-27(2)16-19-4-3-14-40-23-8-5-20(17-33-23)42-36-26(39)21-6-7-22(34-25(21)37(27)18-19)38-13-9-24(35-38)41-15-12-28(10-11-28)29(30,31)32/h5-9,13,17,19H,3-4,10-12,14-16,18H2,1-2H3,(H,36,39). The number of amides is 1. The van der Waals surface area contributed by atoms with Crippen LogP contribution in [-0.4, -0.2) is 57.1 Å². The molecule has 3 aromatic heterocycles. The number of ether oxygens (including phenoxy) is 2. The lowest BCUT2D eigenvalue weighted by molar-refractivity contribution is -0.190. The summed E-state index contributed by atoms with van der Waals surface area (Å²) in [5.74, 6) is 1.91. The van der Waals surface area contributed by atoms with E-state index in [1.54, 1.807) is 36.7 Å². The number of alkyl halides is 3. The number of carbonyl (C=O) groups is 1. The summed E-state index contributed by atoms with van der Waals surface area (Å²) < 4.78 is 55.6. The van der Waals surface area contributed by atoms with Crippen LogP contribution in [0.3, 0.4) is 0 Å². The highest BCUT2D eigenvalue weighted by atomic mass is 32.2. The molecular weight excluding hydrogens is 569 g/mol. The van der Waals surface area contributed by atoms with Crippen LogP contribution in [0.4, 0.5) is 19.0 Å². The van der Waals surface area contributed by atoms with E-state index in [9.17, 15) is 18.0 Å². The molecule has 7 rings (SSSR count). The van der Waals surface area contributed by atoms with Crippen molar-refractivity contribution in [3.63, 3.8) is 0 Å². The molecule has 1 unspecified atom stereocenters. The Hall–Kier alpha value is -3.48. The van der Waals surface area contributed by atoms with Crippen LogP contribution in [0.15, 0.2) is 47.6 Å². The Labute approximate surface area is 246 Å². The number of nitrogens with one attached hydrogen (secondary N) is 1. The topological polar surface area (TPSA) is 94.4 Å². The average Bonchev–Trinajstić information content (AvgIpc) is 3.50. The minimum Gasteiger partial charge on any atom is -0.478 e. The highest BCUT2D eigenvalue weighted by molar-refractivity contribution is 7.98. The molecule has 9 nitrogen and oxygen atoms in total. The third-order valence-electron chi connectivity index (χ3n) is 8.38. The molecule has 0 aromatic carbocycles. The van der Waals surface area contributed by atoms with Crippen LogP contribution in [0.2, 0.25) is 0 Å². The molecule has 6 heterocycles. The molecule has 13 heteroatoms. The average molecular weight is 603 g/mol. The third kappa shape index (κ3) is 5.88. The zero-order valence-electron chi connectivity index (χ0n) is 23.5. The lowest BCUT2D eigenvalue weighted by Crippen LogP contribution is -2.40. The molecule has 1 saturated heterocycles. The van der Waals surface area contributed by atoms with E-state index in [-0.39, 0.29) is 43.2 Å².